The number of amides is 1. The second-order valence-electron chi connectivity index (χ2n) is 24.3. The summed E-state index contributed by atoms with van der Waals surface area (Å²) in [4.78, 5) is 45.1. The zero-order chi connectivity index (χ0) is 61.1. The summed E-state index contributed by atoms with van der Waals surface area (Å²) in [6, 6.07) is -0.796. The molecule has 6 rings (SSSR count). The first kappa shape index (κ1) is 68.3. The number of carbonyl (C=O) groups excluding carboxylic acids is 3. The summed E-state index contributed by atoms with van der Waals surface area (Å²) in [6.45, 7) is 15.9. The molecule has 6 heterocycles. The Balaban J connectivity index is 1.18. The van der Waals surface area contributed by atoms with Gasteiger partial charge in [-0.25, -0.2) is 9.59 Å². The van der Waals surface area contributed by atoms with Gasteiger partial charge < -0.3 is 118 Å². The standard InChI is InChI=1S/C54H95N3O25/c1-15-33-54(10)44(81-51(68)82-54)28(6)57(13)21-24(2)19-52(8,69)43(79-48-35(60)30(56(11)12)18-25(3)72-48)26(4)41(27(5)46(66)76-33)77-34-20-53(9,70-14)45(29(7)73-34)80-50(67)55-16-17-71-47-40(65)38(63)42(32(23-59)75-47)78-49-39(64)37(62)36(61)31(22-58)74-49/h24-45,47-49,58-65,69H,15-23H2,1-14H3,(H,55,67)/t24-,25-,26+,27-,28-,29+,30+,31-,32-,33-,34+,35-,36-,37+,38-,39-,40-,41+,42-,43-,44-,45+,47-,48+,49+,52-,53-,54-/m1/s1. The summed E-state index contributed by atoms with van der Waals surface area (Å²) in [6.07, 6.45) is -27.6. The fourth-order valence-electron chi connectivity index (χ4n) is 12.7. The third-order valence-corrected chi connectivity index (χ3v) is 17.5. The number of methoxy groups -OCH3 is 1. The molecule has 28 atom stereocenters. The number of nitrogens with zero attached hydrogens (tertiary/aromatic N) is 2. The molecule has 0 aromatic rings. The van der Waals surface area contributed by atoms with Gasteiger partial charge in [-0.1, -0.05) is 20.8 Å². The lowest BCUT2D eigenvalue weighted by molar-refractivity contribution is -0.359. The molecular weight excluding hydrogens is 1090 g/mol. The maximum Gasteiger partial charge on any atom is 0.509 e. The molecule has 0 spiro atoms. The summed E-state index contributed by atoms with van der Waals surface area (Å²) < 4.78 is 78.7. The molecule has 1 amide bonds. The molecule has 28 nitrogen and oxygen atoms in total. The lowest BCUT2D eigenvalue weighted by Gasteiger charge is -2.49. The van der Waals surface area contributed by atoms with Crippen LogP contribution in [0, 0.1) is 17.8 Å². The fourth-order valence-corrected chi connectivity index (χ4v) is 12.7. The van der Waals surface area contributed by atoms with E-state index in [0.717, 1.165) is 0 Å². The van der Waals surface area contributed by atoms with Crippen molar-refractivity contribution in [3.8, 4) is 0 Å². The van der Waals surface area contributed by atoms with Crippen LogP contribution in [0.25, 0.3) is 0 Å². The third-order valence-electron chi connectivity index (χ3n) is 17.5. The Hall–Kier alpha value is -2.79. The molecule has 476 valence electrons. The number of aliphatic hydroxyl groups excluding tert-OH is 8. The summed E-state index contributed by atoms with van der Waals surface area (Å²) in [5.41, 5.74) is -4.40. The zero-order valence-electron chi connectivity index (χ0n) is 49.7. The summed E-state index contributed by atoms with van der Waals surface area (Å²) in [7, 11) is 6.99. The van der Waals surface area contributed by atoms with E-state index in [4.69, 9.17) is 61.6 Å². The maximum absolute atomic E-state index is 14.8. The van der Waals surface area contributed by atoms with Gasteiger partial charge in [0, 0.05) is 44.6 Å². The van der Waals surface area contributed by atoms with Crippen molar-refractivity contribution < 1.29 is 122 Å². The van der Waals surface area contributed by atoms with Crippen molar-refractivity contribution in [2.24, 2.45) is 17.8 Å². The number of ether oxygens (including phenoxy) is 13. The van der Waals surface area contributed by atoms with Crippen LogP contribution in [0.2, 0.25) is 0 Å². The van der Waals surface area contributed by atoms with Gasteiger partial charge in [-0.05, 0) is 94.8 Å². The maximum atomic E-state index is 14.8. The number of hydrogen-bond acceptors (Lipinski definition) is 27. The van der Waals surface area contributed by atoms with E-state index in [1.807, 2.05) is 51.7 Å². The second-order valence-corrected chi connectivity index (χ2v) is 24.3. The highest BCUT2D eigenvalue weighted by molar-refractivity contribution is 5.73. The number of esters is 1. The van der Waals surface area contributed by atoms with Gasteiger partial charge in [0.25, 0.3) is 0 Å². The molecule has 0 radical (unpaired) electrons. The molecule has 6 saturated heterocycles. The van der Waals surface area contributed by atoms with E-state index < -0.39 is 183 Å². The largest absolute Gasteiger partial charge is 0.509 e. The van der Waals surface area contributed by atoms with Gasteiger partial charge in [-0.2, -0.15) is 0 Å². The molecule has 6 fully saturated rings. The van der Waals surface area contributed by atoms with Crippen LogP contribution in [-0.4, -0.2) is 287 Å². The first-order chi connectivity index (χ1) is 38.4. The molecule has 0 bridgehead atoms. The van der Waals surface area contributed by atoms with E-state index in [1.165, 1.54) is 7.11 Å². The number of hydrogen-bond donors (Lipinski definition) is 10. The highest BCUT2D eigenvalue weighted by atomic mass is 16.8. The molecule has 0 saturated carbocycles. The van der Waals surface area contributed by atoms with E-state index in [2.05, 4.69) is 5.32 Å². The third kappa shape index (κ3) is 15.1. The molecule has 0 unspecified atom stereocenters. The number of nitrogens with one attached hydrogen (secondary N) is 1. The van der Waals surface area contributed by atoms with Crippen molar-refractivity contribution in [1.82, 2.24) is 15.1 Å². The minimum Gasteiger partial charge on any atom is -0.458 e. The number of alkyl carbamates (subject to hydrolysis) is 1. The van der Waals surface area contributed by atoms with E-state index in [1.54, 1.807) is 48.5 Å². The van der Waals surface area contributed by atoms with Gasteiger partial charge in [0.15, 0.2) is 43.0 Å². The first-order valence-corrected chi connectivity index (χ1v) is 28.5. The Kier molecular flexibility index (Phi) is 23.6. The highest BCUT2D eigenvalue weighted by Crippen LogP contribution is 2.43. The van der Waals surface area contributed by atoms with Crippen LogP contribution in [0.4, 0.5) is 9.59 Å². The molecule has 0 aromatic carbocycles. The van der Waals surface area contributed by atoms with Crippen molar-refractivity contribution >= 4 is 18.2 Å². The average molecular weight is 1190 g/mol. The molecule has 28 heteroatoms. The van der Waals surface area contributed by atoms with Gasteiger partial charge in [0.05, 0.1) is 55.8 Å². The smallest absolute Gasteiger partial charge is 0.458 e. The van der Waals surface area contributed by atoms with Crippen LogP contribution in [0.15, 0.2) is 0 Å². The van der Waals surface area contributed by atoms with Crippen molar-refractivity contribution in [2.45, 2.75) is 247 Å². The summed E-state index contributed by atoms with van der Waals surface area (Å²) in [5.74, 6) is -2.99. The number of likely N-dealkylation sites (N-methyl/N-ethyl adjacent to an activating group) is 2. The molecule has 82 heavy (non-hydrogen) atoms. The Morgan fingerprint density at radius 3 is 2.02 bits per heavy atom. The molecule has 0 aliphatic carbocycles. The van der Waals surface area contributed by atoms with E-state index >= 15 is 0 Å². The molecule has 10 N–H and O–H groups in total. The topological polar surface area (TPSA) is 372 Å². The van der Waals surface area contributed by atoms with Gasteiger partial charge in [0.1, 0.15) is 66.6 Å². The van der Waals surface area contributed by atoms with E-state index in [-0.39, 0.29) is 50.5 Å². The highest BCUT2D eigenvalue weighted by Gasteiger charge is 2.59. The Morgan fingerprint density at radius 2 is 1.40 bits per heavy atom. The van der Waals surface area contributed by atoms with E-state index in [9.17, 15) is 60.3 Å². The number of fused-ring (bicyclic) bond motifs is 1. The minimum atomic E-state index is -1.84. The van der Waals surface area contributed by atoms with Crippen LogP contribution in [0.1, 0.15) is 94.9 Å². The molecule has 6 aliphatic heterocycles. The van der Waals surface area contributed by atoms with Crippen LogP contribution < -0.4 is 5.32 Å². The summed E-state index contributed by atoms with van der Waals surface area (Å²) >= 11 is 0. The van der Waals surface area contributed by atoms with Crippen LogP contribution in [0.5, 0.6) is 0 Å². The quantitative estimate of drug-likeness (QED) is 0.0475. The van der Waals surface area contributed by atoms with Gasteiger partial charge in [0.2, 0.25) is 0 Å². The number of aliphatic hydroxyl groups is 9. The van der Waals surface area contributed by atoms with Crippen LogP contribution in [0.3, 0.4) is 0 Å². The molecular formula is C54H95N3O25. The minimum absolute atomic E-state index is 0.0769. The number of carbonyl (C=O) groups is 3. The van der Waals surface area contributed by atoms with Crippen LogP contribution >= 0.6 is 0 Å². The number of rotatable bonds is 16. The Labute approximate surface area is 479 Å². The van der Waals surface area contributed by atoms with Gasteiger partial charge >= 0.3 is 18.2 Å². The summed E-state index contributed by atoms with van der Waals surface area (Å²) in [5, 5.41) is 99.6. The predicted molar refractivity (Wildman–Crippen MR) is 282 cm³/mol. The zero-order valence-corrected chi connectivity index (χ0v) is 49.7. The predicted octanol–water partition coefficient (Wildman–Crippen LogP) is -1.54. The monoisotopic (exact) mass is 1190 g/mol. The van der Waals surface area contributed by atoms with Gasteiger partial charge in [-0.15, -0.1) is 0 Å². The van der Waals surface area contributed by atoms with Gasteiger partial charge in [-0.3, -0.25) is 9.69 Å². The normalized spacial score (nSPS) is 47.5. The molecule has 0 aromatic heterocycles. The van der Waals surface area contributed by atoms with Crippen molar-refractivity contribution in [3.63, 3.8) is 0 Å². The Morgan fingerprint density at radius 1 is 0.768 bits per heavy atom. The fraction of sp³-hybridized carbons (Fsp3) is 0.944. The van der Waals surface area contributed by atoms with Crippen molar-refractivity contribution in [1.29, 1.82) is 0 Å². The first-order valence-electron chi connectivity index (χ1n) is 28.5. The van der Waals surface area contributed by atoms with Crippen molar-refractivity contribution in [3.05, 3.63) is 0 Å². The second kappa shape index (κ2) is 28.4. The van der Waals surface area contributed by atoms with Crippen molar-refractivity contribution in [2.75, 3.05) is 61.2 Å². The SMILES string of the molecule is CC[C@H]1OC(=O)[C@H](C)[C@@H](O[C@H]2C[C@@](C)(OC)[C@@H](OC(=O)NCCO[C@@H]3O[C@H](CO)[C@@H](O[C@@H]4O[C@H](CO)[C@@H](O)[C@H](O)[C@H]4O)[C@H](O)[C@H]3O)[C@H](C)O2)[C@H](C)[C@@H](O[C@@H]2O[C@H](C)C[C@H](N(C)C)[C@H]2O)[C@](C)(O)C[C@@H](C)CN(C)[C@H](C)[C@H]2OC(=O)O[C@@]21C. The lowest BCUT2D eigenvalue weighted by Crippen LogP contribution is -2.64. The van der Waals surface area contributed by atoms with E-state index in [0.29, 0.717) is 13.0 Å². The average Bonchev–Trinajstić information content (AvgIpc) is 3.21. The number of cyclic esters (lactones) is 1. The molecule has 6 aliphatic rings. The van der Waals surface area contributed by atoms with Crippen LogP contribution in [-0.2, 0) is 66.4 Å². The Bertz CT molecular complexity index is 2060. The lowest BCUT2D eigenvalue weighted by atomic mass is 9.77.